The van der Waals surface area contributed by atoms with Crippen molar-refractivity contribution in [2.45, 2.75) is 74.7 Å². The molecule has 0 aromatic carbocycles. The summed E-state index contributed by atoms with van der Waals surface area (Å²) in [6, 6.07) is 0. The first-order valence-electron chi connectivity index (χ1n) is 6.73. The van der Waals surface area contributed by atoms with Crippen LogP contribution in [0.2, 0.25) is 0 Å². The Bertz CT molecular complexity index is 135. The average Bonchev–Trinajstić information content (AvgIpc) is 2.35. The van der Waals surface area contributed by atoms with Crippen LogP contribution < -0.4 is 0 Å². The van der Waals surface area contributed by atoms with Crippen LogP contribution in [0.4, 0.5) is 0 Å². The Labute approximate surface area is 112 Å². The number of rotatable bonds is 3. The van der Waals surface area contributed by atoms with Crippen molar-refractivity contribution in [3.05, 3.63) is 24.8 Å². The van der Waals surface area contributed by atoms with Crippen molar-refractivity contribution >= 4 is 0 Å². The molecular weight excluding hydrogens is 204 g/mol. The molecule has 0 spiro atoms. The van der Waals surface area contributed by atoms with Gasteiger partial charge in [0.2, 0.25) is 0 Å². The van der Waals surface area contributed by atoms with Gasteiger partial charge in [0.05, 0.1) is 0 Å². The van der Waals surface area contributed by atoms with Crippen molar-refractivity contribution in [1.82, 2.24) is 0 Å². The zero-order valence-corrected chi connectivity index (χ0v) is 13.7. The van der Waals surface area contributed by atoms with Gasteiger partial charge in [0.25, 0.3) is 0 Å². The molecule has 0 nitrogen and oxygen atoms in total. The Morgan fingerprint density at radius 3 is 1.41 bits per heavy atom. The Morgan fingerprint density at radius 1 is 1.18 bits per heavy atom. The standard InChI is InChI=1S/C6H12.C4H8.C3H4.2C2H6/c1-4-5-6(2)3;1-3-4-2;1-3-2;2*1-2/h2,4-5H2,1,3H3;3H,1,4H2,2H3;1H,2H3;2*1-2H3. The van der Waals surface area contributed by atoms with Gasteiger partial charge < -0.3 is 0 Å². The fourth-order valence-corrected chi connectivity index (χ4v) is 0.427. The van der Waals surface area contributed by atoms with Gasteiger partial charge >= 0.3 is 0 Å². The lowest BCUT2D eigenvalue weighted by Gasteiger charge is -1.87. The summed E-state index contributed by atoms with van der Waals surface area (Å²) in [7, 11) is 0. The number of terminal acetylenes is 1. The van der Waals surface area contributed by atoms with Crippen molar-refractivity contribution in [2.75, 3.05) is 0 Å². The molecule has 0 heteroatoms. The molecule has 0 heterocycles. The van der Waals surface area contributed by atoms with Crippen LogP contribution in [0.25, 0.3) is 0 Å². The van der Waals surface area contributed by atoms with E-state index in [1.807, 2.05) is 33.8 Å². The molecule has 0 aliphatic heterocycles. The minimum absolute atomic E-state index is 1.08. The monoisotopic (exact) mass is 240 g/mol. The normalized spacial score (nSPS) is 5.59. The van der Waals surface area contributed by atoms with Gasteiger partial charge in [-0.3, -0.25) is 0 Å². The fraction of sp³-hybridized carbons (Fsp3) is 0.647. The van der Waals surface area contributed by atoms with E-state index in [0.29, 0.717) is 0 Å². The minimum atomic E-state index is 1.08. The third kappa shape index (κ3) is 277. The Hall–Kier alpha value is -0.960. The highest BCUT2D eigenvalue weighted by molar-refractivity contribution is 4.86. The summed E-state index contributed by atoms with van der Waals surface area (Å²) in [5.41, 5.74) is 1.29. The molecule has 0 amide bonds. The second kappa shape index (κ2) is 59.8. The van der Waals surface area contributed by atoms with Crippen LogP contribution in [0.1, 0.15) is 74.7 Å². The molecule has 104 valence electrons. The molecule has 0 saturated heterocycles. The van der Waals surface area contributed by atoms with Gasteiger partial charge in [-0.15, -0.1) is 25.5 Å². The Kier molecular flexibility index (Phi) is 105. The minimum Gasteiger partial charge on any atom is -0.120 e. The molecule has 0 radical (unpaired) electrons. The molecular formula is C17H36. The van der Waals surface area contributed by atoms with E-state index < -0.39 is 0 Å². The van der Waals surface area contributed by atoms with Gasteiger partial charge in [0.1, 0.15) is 0 Å². The van der Waals surface area contributed by atoms with Crippen molar-refractivity contribution in [3.63, 3.8) is 0 Å². The number of hydrogen-bond donors (Lipinski definition) is 0. The van der Waals surface area contributed by atoms with Crippen LogP contribution in [-0.4, -0.2) is 0 Å². The summed E-state index contributed by atoms with van der Waals surface area (Å²) in [5.74, 6) is 2.25. The van der Waals surface area contributed by atoms with E-state index in [1.165, 1.54) is 18.4 Å². The van der Waals surface area contributed by atoms with Crippen molar-refractivity contribution in [3.8, 4) is 12.3 Å². The van der Waals surface area contributed by atoms with Crippen molar-refractivity contribution in [1.29, 1.82) is 0 Å². The van der Waals surface area contributed by atoms with Gasteiger partial charge in [-0.05, 0) is 26.7 Å². The van der Waals surface area contributed by atoms with Gasteiger partial charge in [0, 0.05) is 0 Å². The summed E-state index contributed by atoms with van der Waals surface area (Å²) in [6.45, 7) is 23.2. The topological polar surface area (TPSA) is 0 Å². The third-order valence-corrected chi connectivity index (χ3v) is 0.965. The smallest absolute Gasteiger partial charge is 0.00297 e. The van der Waals surface area contributed by atoms with E-state index in [1.54, 1.807) is 6.92 Å². The molecule has 0 bridgehead atoms. The molecule has 0 N–H and O–H groups in total. The highest BCUT2D eigenvalue weighted by atomic mass is 13.8. The molecule has 0 fully saturated rings. The molecule has 0 atom stereocenters. The highest BCUT2D eigenvalue weighted by Gasteiger charge is 1.76. The molecule has 0 aliphatic carbocycles. The quantitative estimate of drug-likeness (QED) is 0.383. The van der Waals surface area contributed by atoms with E-state index >= 15 is 0 Å². The van der Waals surface area contributed by atoms with Gasteiger partial charge in [-0.25, -0.2) is 0 Å². The molecule has 0 aromatic heterocycles. The van der Waals surface area contributed by atoms with E-state index in [-0.39, 0.29) is 0 Å². The lowest BCUT2D eigenvalue weighted by atomic mass is 10.2. The second-order valence-corrected chi connectivity index (χ2v) is 2.69. The summed E-state index contributed by atoms with van der Waals surface area (Å²) >= 11 is 0. The zero-order chi connectivity index (χ0) is 15.1. The van der Waals surface area contributed by atoms with Crippen LogP contribution in [0.15, 0.2) is 24.8 Å². The van der Waals surface area contributed by atoms with Crippen LogP contribution >= 0.6 is 0 Å². The lowest BCUT2D eigenvalue weighted by molar-refractivity contribution is 0.910. The van der Waals surface area contributed by atoms with Crippen LogP contribution in [-0.2, 0) is 0 Å². The Balaban J connectivity index is -0.0000000385. The predicted octanol–water partition coefficient (Wildman–Crippen LogP) is 6.64. The molecule has 17 heavy (non-hydrogen) atoms. The largest absolute Gasteiger partial charge is 0.120 e. The van der Waals surface area contributed by atoms with E-state index in [9.17, 15) is 0 Å². The molecule has 0 rings (SSSR count). The molecule has 0 aliphatic rings. The first-order valence-corrected chi connectivity index (χ1v) is 6.73. The second-order valence-electron chi connectivity index (χ2n) is 2.69. The van der Waals surface area contributed by atoms with Gasteiger partial charge in [-0.2, -0.15) is 0 Å². The van der Waals surface area contributed by atoms with E-state index in [0.717, 1.165) is 6.42 Å². The predicted molar refractivity (Wildman–Crippen MR) is 87.4 cm³/mol. The maximum absolute atomic E-state index is 4.60. The summed E-state index contributed by atoms with van der Waals surface area (Å²) in [5, 5.41) is 0. The molecule has 0 aromatic rings. The van der Waals surface area contributed by atoms with E-state index in [4.69, 9.17) is 0 Å². The van der Waals surface area contributed by atoms with Crippen molar-refractivity contribution in [2.24, 2.45) is 0 Å². The third-order valence-electron chi connectivity index (χ3n) is 0.965. The maximum Gasteiger partial charge on any atom is -0.00297 e. The molecule has 0 unspecified atom stereocenters. The highest BCUT2D eigenvalue weighted by Crippen LogP contribution is 1.96. The summed E-state index contributed by atoms with van der Waals surface area (Å²) in [4.78, 5) is 0. The summed E-state index contributed by atoms with van der Waals surface area (Å²) < 4.78 is 0. The maximum atomic E-state index is 4.60. The molecule has 0 saturated carbocycles. The Morgan fingerprint density at radius 2 is 1.41 bits per heavy atom. The first-order chi connectivity index (χ1) is 8.10. The van der Waals surface area contributed by atoms with Crippen molar-refractivity contribution < 1.29 is 0 Å². The first kappa shape index (κ1) is 29.8. The van der Waals surface area contributed by atoms with E-state index in [2.05, 4.69) is 46.3 Å². The number of allylic oxidation sites excluding steroid dienone is 2. The van der Waals surface area contributed by atoms with Gasteiger partial charge in [-0.1, -0.05) is 59.6 Å². The van der Waals surface area contributed by atoms with Gasteiger partial charge in [0.15, 0.2) is 0 Å². The lowest BCUT2D eigenvalue weighted by Crippen LogP contribution is -1.66. The van der Waals surface area contributed by atoms with Crippen LogP contribution in [0.3, 0.4) is 0 Å². The van der Waals surface area contributed by atoms with Crippen LogP contribution in [0, 0.1) is 12.3 Å². The van der Waals surface area contributed by atoms with Crippen LogP contribution in [0.5, 0.6) is 0 Å². The zero-order valence-electron chi connectivity index (χ0n) is 13.7. The summed E-state index contributed by atoms with van der Waals surface area (Å²) in [6.07, 6.45) is 9.97. The number of hydrogen-bond acceptors (Lipinski definition) is 0. The fourth-order valence-electron chi connectivity index (χ4n) is 0.427. The SMILES string of the molecule is C#CC.C=C(C)CCC.C=CCC.CC.CC. The average molecular weight is 240 g/mol.